The Hall–Kier alpha value is -1.46. The summed E-state index contributed by atoms with van der Waals surface area (Å²) < 4.78 is 5.71. The predicted molar refractivity (Wildman–Crippen MR) is 63.5 cm³/mol. The van der Waals surface area contributed by atoms with E-state index in [1.807, 2.05) is 0 Å². The number of nitrogens with zero attached hydrogens (tertiary/aromatic N) is 1. The summed E-state index contributed by atoms with van der Waals surface area (Å²) in [5.41, 5.74) is 6.85. The lowest BCUT2D eigenvalue weighted by atomic mass is 10.2. The zero-order valence-electron chi connectivity index (χ0n) is 9.54. The van der Waals surface area contributed by atoms with Crippen molar-refractivity contribution in [2.75, 3.05) is 0 Å². The van der Waals surface area contributed by atoms with Crippen LogP contribution >= 0.6 is 0 Å². The van der Waals surface area contributed by atoms with Crippen LogP contribution in [0.25, 0.3) is 0 Å². The molecule has 5 nitrogen and oxygen atoms in total. The van der Waals surface area contributed by atoms with Gasteiger partial charge in [-0.05, 0) is 37.0 Å². The zero-order chi connectivity index (χ0) is 12.3. The molecule has 1 aromatic rings. The van der Waals surface area contributed by atoms with Gasteiger partial charge in [0.25, 0.3) is 5.69 Å². The van der Waals surface area contributed by atoms with Gasteiger partial charge >= 0.3 is 0 Å². The molecule has 2 atom stereocenters. The highest BCUT2D eigenvalue weighted by atomic mass is 16.6. The summed E-state index contributed by atoms with van der Waals surface area (Å²) in [5, 5.41) is 10.5. The van der Waals surface area contributed by atoms with Crippen LogP contribution in [0.1, 0.15) is 24.8 Å². The van der Waals surface area contributed by atoms with Gasteiger partial charge in [0.1, 0.15) is 0 Å². The second kappa shape index (κ2) is 5.25. The summed E-state index contributed by atoms with van der Waals surface area (Å²) >= 11 is 0. The monoisotopic (exact) mass is 236 g/mol. The van der Waals surface area contributed by atoms with Gasteiger partial charge in [-0.25, -0.2) is 0 Å². The summed E-state index contributed by atoms with van der Waals surface area (Å²) in [6.07, 6.45) is 3.17. The Kier molecular flexibility index (Phi) is 3.71. The minimum Gasteiger partial charge on any atom is -0.373 e. The number of non-ortho nitro benzene ring substituents is 1. The van der Waals surface area contributed by atoms with Gasteiger partial charge in [0.15, 0.2) is 0 Å². The van der Waals surface area contributed by atoms with Crippen LogP contribution in [0.3, 0.4) is 0 Å². The van der Waals surface area contributed by atoms with Crippen molar-refractivity contribution in [2.24, 2.45) is 5.73 Å². The third-order valence-corrected chi connectivity index (χ3v) is 3.06. The molecule has 0 aromatic heterocycles. The number of nitro groups is 1. The van der Waals surface area contributed by atoms with Crippen LogP contribution in [0, 0.1) is 10.1 Å². The molecule has 0 bridgehead atoms. The number of ether oxygens (including phenoxy) is 1. The maximum atomic E-state index is 10.5. The molecule has 0 heterocycles. The molecule has 0 saturated heterocycles. The van der Waals surface area contributed by atoms with E-state index >= 15 is 0 Å². The van der Waals surface area contributed by atoms with Crippen LogP contribution in [-0.2, 0) is 11.3 Å². The van der Waals surface area contributed by atoms with Gasteiger partial charge in [-0.1, -0.05) is 0 Å². The predicted octanol–water partition coefficient (Wildman–Crippen LogP) is 1.99. The van der Waals surface area contributed by atoms with Crippen LogP contribution in [-0.4, -0.2) is 17.1 Å². The minimum absolute atomic E-state index is 0.108. The standard InChI is InChI=1S/C12H16N2O3/c13-10-3-6-12(7-10)17-8-9-1-4-11(5-2-9)14(15)16/h1-2,4-5,10,12H,3,6-8,13H2. The molecule has 0 amide bonds. The fourth-order valence-corrected chi connectivity index (χ4v) is 2.05. The fraction of sp³-hybridized carbons (Fsp3) is 0.500. The molecule has 92 valence electrons. The molecule has 1 aliphatic rings. The van der Waals surface area contributed by atoms with Crippen molar-refractivity contribution in [1.29, 1.82) is 0 Å². The molecule has 17 heavy (non-hydrogen) atoms. The molecule has 2 N–H and O–H groups in total. The number of hydrogen-bond acceptors (Lipinski definition) is 4. The first-order chi connectivity index (χ1) is 8.15. The van der Waals surface area contributed by atoms with Crippen LogP contribution in [0.5, 0.6) is 0 Å². The molecule has 1 fully saturated rings. The number of hydrogen-bond donors (Lipinski definition) is 1. The normalized spacial score (nSPS) is 23.8. The van der Waals surface area contributed by atoms with Crippen molar-refractivity contribution >= 4 is 5.69 Å². The van der Waals surface area contributed by atoms with Crippen LogP contribution < -0.4 is 5.73 Å². The first-order valence-electron chi connectivity index (χ1n) is 5.75. The molecule has 2 unspecified atom stereocenters. The van der Waals surface area contributed by atoms with Crippen molar-refractivity contribution in [2.45, 2.75) is 38.0 Å². The molecule has 1 saturated carbocycles. The lowest BCUT2D eigenvalue weighted by Gasteiger charge is -2.11. The third-order valence-electron chi connectivity index (χ3n) is 3.06. The highest BCUT2D eigenvalue weighted by Crippen LogP contribution is 2.22. The zero-order valence-corrected chi connectivity index (χ0v) is 9.54. The van der Waals surface area contributed by atoms with Crippen molar-refractivity contribution in [3.63, 3.8) is 0 Å². The SMILES string of the molecule is NC1CCC(OCc2ccc([N+](=O)[O-])cc2)C1. The topological polar surface area (TPSA) is 78.4 Å². The van der Waals surface area contributed by atoms with Gasteiger partial charge in [0.2, 0.25) is 0 Å². The first kappa shape index (κ1) is 12.0. The van der Waals surface area contributed by atoms with Crippen LogP contribution in [0.15, 0.2) is 24.3 Å². The van der Waals surface area contributed by atoms with E-state index in [0.29, 0.717) is 6.61 Å². The van der Waals surface area contributed by atoms with Gasteiger partial charge in [0, 0.05) is 18.2 Å². The highest BCUT2D eigenvalue weighted by molar-refractivity contribution is 5.32. The number of benzene rings is 1. The maximum absolute atomic E-state index is 10.5. The Morgan fingerprint density at radius 2 is 2.06 bits per heavy atom. The number of nitro benzene ring substituents is 1. The average Bonchev–Trinajstić information content (AvgIpc) is 2.73. The molecule has 0 spiro atoms. The lowest BCUT2D eigenvalue weighted by Crippen LogP contribution is -2.17. The van der Waals surface area contributed by atoms with Crippen molar-refractivity contribution in [3.8, 4) is 0 Å². The van der Waals surface area contributed by atoms with Crippen molar-refractivity contribution in [3.05, 3.63) is 39.9 Å². The van der Waals surface area contributed by atoms with E-state index < -0.39 is 4.92 Å². The van der Waals surface area contributed by atoms with Gasteiger partial charge in [-0.3, -0.25) is 10.1 Å². The summed E-state index contributed by atoms with van der Waals surface area (Å²) in [6.45, 7) is 0.495. The molecule has 0 aliphatic heterocycles. The molecular weight excluding hydrogens is 220 g/mol. The van der Waals surface area contributed by atoms with Gasteiger partial charge in [0.05, 0.1) is 17.6 Å². The largest absolute Gasteiger partial charge is 0.373 e. The summed E-state index contributed by atoms with van der Waals surface area (Å²) in [7, 11) is 0. The highest BCUT2D eigenvalue weighted by Gasteiger charge is 2.22. The van der Waals surface area contributed by atoms with E-state index in [0.717, 1.165) is 24.8 Å². The van der Waals surface area contributed by atoms with E-state index in [9.17, 15) is 10.1 Å². The second-order valence-electron chi connectivity index (χ2n) is 4.43. The Balaban J connectivity index is 1.85. The third kappa shape index (κ3) is 3.25. The average molecular weight is 236 g/mol. The van der Waals surface area contributed by atoms with E-state index in [4.69, 9.17) is 10.5 Å². The smallest absolute Gasteiger partial charge is 0.269 e. The van der Waals surface area contributed by atoms with E-state index in [2.05, 4.69) is 0 Å². The lowest BCUT2D eigenvalue weighted by molar-refractivity contribution is -0.384. The minimum atomic E-state index is -0.402. The van der Waals surface area contributed by atoms with Crippen LogP contribution in [0.4, 0.5) is 5.69 Å². The first-order valence-corrected chi connectivity index (χ1v) is 5.75. The van der Waals surface area contributed by atoms with Crippen LogP contribution in [0.2, 0.25) is 0 Å². The molecule has 1 aromatic carbocycles. The van der Waals surface area contributed by atoms with Gasteiger partial charge in [-0.15, -0.1) is 0 Å². The summed E-state index contributed by atoms with van der Waals surface area (Å²) in [6, 6.07) is 6.72. The van der Waals surface area contributed by atoms with E-state index in [1.165, 1.54) is 12.1 Å². The Morgan fingerprint density at radius 3 is 2.59 bits per heavy atom. The second-order valence-corrected chi connectivity index (χ2v) is 4.43. The number of nitrogens with two attached hydrogens (primary N) is 1. The van der Waals surface area contributed by atoms with Gasteiger partial charge in [-0.2, -0.15) is 0 Å². The number of rotatable bonds is 4. The molecular formula is C12H16N2O3. The Morgan fingerprint density at radius 1 is 1.35 bits per heavy atom. The fourth-order valence-electron chi connectivity index (χ4n) is 2.05. The summed E-state index contributed by atoms with van der Waals surface area (Å²) in [4.78, 5) is 10.1. The maximum Gasteiger partial charge on any atom is 0.269 e. The van der Waals surface area contributed by atoms with Crippen molar-refractivity contribution < 1.29 is 9.66 Å². The Bertz CT molecular complexity index is 391. The molecule has 1 aliphatic carbocycles. The van der Waals surface area contributed by atoms with E-state index in [1.54, 1.807) is 12.1 Å². The molecule has 0 radical (unpaired) electrons. The van der Waals surface area contributed by atoms with Gasteiger partial charge < -0.3 is 10.5 Å². The van der Waals surface area contributed by atoms with E-state index in [-0.39, 0.29) is 17.8 Å². The molecule has 2 rings (SSSR count). The Labute approximate surface area is 99.7 Å². The van der Waals surface area contributed by atoms with Crippen molar-refractivity contribution in [1.82, 2.24) is 0 Å². The molecule has 5 heteroatoms. The quantitative estimate of drug-likeness (QED) is 0.640. The summed E-state index contributed by atoms with van der Waals surface area (Å²) in [5.74, 6) is 0.